The highest BCUT2D eigenvalue weighted by atomic mass is 16.7. The van der Waals surface area contributed by atoms with Crippen LogP contribution in [0, 0.1) is 5.92 Å². The van der Waals surface area contributed by atoms with Gasteiger partial charge in [0, 0.05) is 11.5 Å². The zero-order chi connectivity index (χ0) is 27.3. The lowest BCUT2D eigenvalue weighted by Crippen LogP contribution is -2.34. The Morgan fingerprint density at radius 2 is 1.58 bits per heavy atom. The van der Waals surface area contributed by atoms with Crippen molar-refractivity contribution in [3.63, 3.8) is 0 Å². The molecule has 210 valence electrons. The molecule has 3 rings (SSSR count). The minimum absolute atomic E-state index is 0.183. The second kappa shape index (κ2) is 16.1. The van der Waals surface area contributed by atoms with Gasteiger partial charge in [-0.25, -0.2) is 4.79 Å². The van der Waals surface area contributed by atoms with Crippen molar-refractivity contribution in [3.05, 3.63) is 59.2 Å². The Kier molecular flexibility index (Phi) is 12.8. The minimum Gasteiger partial charge on any atom is -0.478 e. The van der Waals surface area contributed by atoms with Crippen molar-refractivity contribution in [3.8, 4) is 11.1 Å². The quantitative estimate of drug-likeness (QED) is 0.223. The van der Waals surface area contributed by atoms with Crippen molar-refractivity contribution >= 4 is 5.97 Å². The number of carbonyl (C=O) groups is 1. The van der Waals surface area contributed by atoms with Crippen LogP contribution in [0.25, 0.3) is 11.1 Å². The van der Waals surface area contributed by atoms with Crippen molar-refractivity contribution in [2.75, 3.05) is 6.61 Å². The van der Waals surface area contributed by atoms with Gasteiger partial charge in [0.05, 0.1) is 18.3 Å². The maximum Gasteiger partial charge on any atom is 0.335 e. The third-order valence-corrected chi connectivity index (χ3v) is 8.20. The Morgan fingerprint density at radius 1 is 0.921 bits per heavy atom. The number of carboxylic acid groups (broad SMARTS) is 1. The molecule has 0 bridgehead atoms. The summed E-state index contributed by atoms with van der Waals surface area (Å²) in [5.74, 6) is -0.0456. The molecule has 0 aliphatic carbocycles. The highest BCUT2D eigenvalue weighted by Crippen LogP contribution is 2.37. The van der Waals surface area contributed by atoms with Crippen molar-refractivity contribution in [2.45, 2.75) is 123 Å². The zero-order valence-corrected chi connectivity index (χ0v) is 24.2. The average molecular weight is 523 g/mol. The molecule has 0 amide bonds. The number of carboxylic acids is 1. The molecule has 1 heterocycles. The van der Waals surface area contributed by atoms with Gasteiger partial charge < -0.3 is 14.6 Å². The number of rotatable bonds is 16. The van der Waals surface area contributed by atoms with Crippen LogP contribution in [0.4, 0.5) is 0 Å². The van der Waals surface area contributed by atoms with E-state index in [4.69, 9.17) is 9.47 Å². The van der Waals surface area contributed by atoms with Gasteiger partial charge in [0.15, 0.2) is 6.29 Å². The Hall–Kier alpha value is -2.17. The van der Waals surface area contributed by atoms with Crippen LogP contribution < -0.4 is 0 Å². The molecule has 38 heavy (non-hydrogen) atoms. The number of unbranched alkanes of at least 4 members (excludes halogenated alkanes) is 8. The van der Waals surface area contributed by atoms with Gasteiger partial charge in [0.1, 0.15) is 0 Å². The summed E-state index contributed by atoms with van der Waals surface area (Å²) < 4.78 is 12.7. The van der Waals surface area contributed by atoms with Gasteiger partial charge in [-0.3, -0.25) is 0 Å². The number of ether oxygens (including phenoxy) is 2. The molecule has 0 saturated carbocycles. The molecule has 0 unspecified atom stereocenters. The third kappa shape index (κ3) is 8.95. The first-order valence-corrected chi connectivity index (χ1v) is 15.2. The van der Waals surface area contributed by atoms with Crippen molar-refractivity contribution < 1.29 is 19.4 Å². The van der Waals surface area contributed by atoms with Gasteiger partial charge in [-0.15, -0.1) is 0 Å². The molecule has 4 atom stereocenters. The van der Waals surface area contributed by atoms with Crippen LogP contribution in [0.3, 0.4) is 0 Å². The Balaban J connectivity index is 1.71. The van der Waals surface area contributed by atoms with Crippen LogP contribution in [0.15, 0.2) is 42.5 Å². The maximum atomic E-state index is 11.3. The minimum atomic E-state index is -0.896. The van der Waals surface area contributed by atoms with E-state index in [9.17, 15) is 9.90 Å². The standard InChI is InChI=1S/C34H50O4/c1-5-7-9-11-12-14-16-30-24-37-34(38-26(30)4)29-21-22-31(27-17-19-28(20-18-27)33(35)36)32(23-29)25(3)15-13-10-8-6-2/h17-23,25-26,30,34H,5-16,24H2,1-4H3,(H,35,36)/t25-,26-,30+,34+/m1/s1. The Labute approximate surface area is 231 Å². The molecule has 4 heteroatoms. The van der Waals surface area contributed by atoms with Crippen LogP contribution >= 0.6 is 0 Å². The number of aromatic carboxylic acids is 1. The first-order valence-electron chi connectivity index (χ1n) is 15.2. The topological polar surface area (TPSA) is 55.8 Å². The predicted octanol–water partition coefficient (Wildman–Crippen LogP) is 9.93. The van der Waals surface area contributed by atoms with Crippen LogP contribution in [0.1, 0.15) is 138 Å². The predicted molar refractivity (Wildman–Crippen MR) is 157 cm³/mol. The molecule has 2 aromatic carbocycles. The molecular weight excluding hydrogens is 472 g/mol. The summed E-state index contributed by atoms with van der Waals surface area (Å²) >= 11 is 0. The molecule has 0 radical (unpaired) electrons. The van der Waals surface area contributed by atoms with Crippen LogP contribution in [0.2, 0.25) is 0 Å². The van der Waals surface area contributed by atoms with E-state index < -0.39 is 5.97 Å². The lowest BCUT2D eigenvalue weighted by atomic mass is 9.86. The largest absolute Gasteiger partial charge is 0.478 e. The van der Waals surface area contributed by atoms with Crippen molar-refractivity contribution in [1.29, 1.82) is 0 Å². The van der Waals surface area contributed by atoms with E-state index in [0.717, 1.165) is 24.2 Å². The summed E-state index contributed by atoms with van der Waals surface area (Å²) in [7, 11) is 0. The summed E-state index contributed by atoms with van der Waals surface area (Å²) in [5, 5.41) is 9.31. The summed E-state index contributed by atoms with van der Waals surface area (Å²) in [6.07, 6.45) is 15.0. The van der Waals surface area contributed by atoms with Gasteiger partial charge in [0.25, 0.3) is 0 Å². The molecular formula is C34H50O4. The first kappa shape index (κ1) is 30.4. The number of benzene rings is 2. The third-order valence-electron chi connectivity index (χ3n) is 8.20. The van der Waals surface area contributed by atoms with E-state index in [0.29, 0.717) is 17.4 Å². The summed E-state index contributed by atoms with van der Waals surface area (Å²) in [5.41, 5.74) is 4.90. The van der Waals surface area contributed by atoms with E-state index in [-0.39, 0.29) is 12.4 Å². The monoisotopic (exact) mass is 522 g/mol. The summed E-state index contributed by atoms with van der Waals surface area (Å²) in [4.78, 5) is 11.3. The molecule has 0 spiro atoms. The molecule has 1 aliphatic rings. The van der Waals surface area contributed by atoms with E-state index >= 15 is 0 Å². The van der Waals surface area contributed by atoms with E-state index in [2.05, 4.69) is 45.9 Å². The van der Waals surface area contributed by atoms with Crippen molar-refractivity contribution in [1.82, 2.24) is 0 Å². The van der Waals surface area contributed by atoms with E-state index in [1.54, 1.807) is 12.1 Å². The van der Waals surface area contributed by atoms with Gasteiger partial charge in [-0.05, 0) is 60.6 Å². The van der Waals surface area contributed by atoms with Crippen LogP contribution in [-0.2, 0) is 9.47 Å². The highest BCUT2D eigenvalue weighted by Gasteiger charge is 2.30. The van der Waals surface area contributed by atoms with E-state index in [1.165, 1.54) is 81.8 Å². The number of hydrogen-bond donors (Lipinski definition) is 1. The van der Waals surface area contributed by atoms with Crippen LogP contribution in [-0.4, -0.2) is 23.8 Å². The average Bonchev–Trinajstić information content (AvgIpc) is 2.93. The molecule has 1 fully saturated rings. The number of hydrogen-bond acceptors (Lipinski definition) is 3. The van der Waals surface area contributed by atoms with Crippen LogP contribution in [0.5, 0.6) is 0 Å². The highest BCUT2D eigenvalue weighted by molar-refractivity contribution is 5.88. The smallest absolute Gasteiger partial charge is 0.335 e. The lowest BCUT2D eigenvalue weighted by Gasteiger charge is -2.35. The fourth-order valence-electron chi connectivity index (χ4n) is 5.60. The summed E-state index contributed by atoms with van der Waals surface area (Å²) in [6.45, 7) is 9.77. The zero-order valence-electron chi connectivity index (χ0n) is 24.2. The molecule has 1 aliphatic heterocycles. The summed E-state index contributed by atoms with van der Waals surface area (Å²) in [6, 6.07) is 13.8. The fraction of sp³-hybridized carbons (Fsp3) is 0.618. The molecule has 1 saturated heterocycles. The molecule has 1 N–H and O–H groups in total. The van der Waals surface area contributed by atoms with E-state index in [1.807, 2.05) is 12.1 Å². The maximum absolute atomic E-state index is 11.3. The second-order valence-electron chi connectivity index (χ2n) is 11.3. The molecule has 0 aromatic heterocycles. The lowest BCUT2D eigenvalue weighted by molar-refractivity contribution is -0.237. The molecule has 2 aromatic rings. The Morgan fingerprint density at radius 3 is 2.24 bits per heavy atom. The Bertz CT molecular complexity index is 967. The first-order chi connectivity index (χ1) is 18.4. The van der Waals surface area contributed by atoms with Gasteiger partial charge >= 0.3 is 5.97 Å². The second-order valence-corrected chi connectivity index (χ2v) is 11.3. The fourth-order valence-corrected chi connectivity index (χ4v) is 5.60. The van der Waals surface area contributed by atoms with Gasteiger partial charge in [-0.1, -0.05) is 109 Å². The van der Waals surface area contributed by atoms with Gasteiger partial charge in [0.2, 0.25) is 0 Å². The molecule has 4 nitrogen and oxygen atoms in total. The van der Waals surface area contributed by atoms with Crippen molar-refractivity contribution in [2.24, 2.45) is 5.92 Å². The van der Waals surface area contributed by atoms with Gasteiger partial charge in [-0.2, -0.15) is 0 Å². The SMILES string of the molecule is CCCCCCCC[C@H]1CO[C@H](c2ccc(-c3ccc(C(=O)O)cc3)c([C@H](C)CCCCCC)c2)O[C@@H]1C. The normalized spacial score (nSPS) is 20.4.